The standard InChI is InChI=1S/C15H26N4O/c1-5-20-9-14-18-12(16-4)8-13(19-14)17-10-15(6-7-15)11(2)3/h8,11H,5-7,9-10H2,1-4H3,(H2,16,17,18,19). The first-order chi connectivity index (χ1) is 9.59. The van der Waals surface area contributed by atoms with Crippen LogP contribution < -0.4 is 10.6 Å². The lowest BCUT2D eigenvalue weighted by Gasteiger charge is -2.20. The van der Waals surface area contributed by atoms with Crippen molar-refractivity contribution in [3.05, 3.63) is 11.9 Å². The van der Waals surface area contributed by atoms with Crippen molar-refractivity contribution in [2.75, 3.05) is 30.8 Å². The van der Waals surface area contributed by atoms with Gasteiger partial charge in [0, 0.05) is 26.3 Å². The van der Waals surface area contributed by atoms with Gasteiger partial charge in [0.05, 0.1) is 0 Å². The number of rotatable bonds is 8. The molecule has 112 valence electrons. The molecule has 0 radical (unpaired) electrons. The molecule has 1 fully saturated rings. The molecule has 0 spiro atoms. The summed E-state index contributed by atoms with van der Waals surface area (Å²) in [4.78, 5) is 8.92. The fourth-order valence-corrected chi connectivity index (χ4v) is 2.36. The number of anilines is 2. The van der Waals surface area contributed by atoms with E-state index in [1.165, 1.54) is 12.8 Å². The zero-order valence-corrected chi connectivity index (χ0v) is 13.0. The largest absolute Gasteiger partial charge is 0.374 e. The van der Waals surface area contributed by atoms with Gasteiger partial charge in [-0.3, -0.25) is 0 Å². The van der Waals surface area contributed by atoms with E-state index in [4.69, 9.17) is 4.74 Å². The van der Waals surface area contributed by atoms with Gasteiger partial charge in [0.25, 0.3) is 0 Å². The predicted octanol–water partition coefficient (Wildman–Crippen LogP) is 2.90. The second-order valence-corrected chi connectivity index (χ2v) is 5.81. The molecule has 2 rings (SSSR count). The highest BCUT2D eigenvalue weighted by atomic mass is 16.5. The van der Waals surface area contributed by atoms with E-state index in [2.05, 4.69) is 34.4 Å². The number of nitrogens with zero attached hydrogens (tertiary/aromatic N) is 2. The molecule has 0 bridgehead atoms. The highest BCUT2D eigenvalue weighted by molar-refractivity contribution is 5.47. The Morgan fingerprint density at radius 1 is 1.30 bits per heavy atom. The molecule has 1 aromatic heterocycles. The summed E-state index contributed by atoms with van der Waals surface area (Å²) in [5.74, 6) is 3.14. The Bertz CT molecular complexity index is 443. The third-order valence-electron chi connectivity index (χ3n) is 4.20. The van der Waals surface area contributed by atoms with E-state index in [1.54, 1.807) is 0 Å². The Morgan fingerprint density at radius 2 is 2.00 bits per heavy atom. The van der Waals surface area contributed by atoms with Gasteiger partial charge >= 0.3 is 0 Å². The van der Waals surface area contributed by atoms with Crippen molar-refractivity contribution in [3.63, 3.8) is 0 Å². The molecule has 5 nitrogen and oxygen atoms in total. The number of aromatic nitrogens is 2. The summed E-state index contributed by atoms with van der Waals surface area (Å²) < 4.78 is 5.39. The third-order valence-corrected chi connectivity index (χ3v) is 4.20. The normalized spacial score (nSPS) is 16.2. The van der Waals surface area contributed by atoms with Crippen LogP contribution in [0.15, 0.2) is 6.07 Å². The molecule has 20 heavy (non-hydrogen) atoms. The molecular formula is C15H26N4O. The highest BCUT2D eigenvalue weighted by Crippen LogP contribution is 2.51. The third kappa shape index (κ3) is 3.60. The Labute approximate surface area is 121 Å². The van der Waals surface area contributed by atoms with E-state index >= 15 is 0 Å². The second kappa shape index (κ2) is 6.39. The van der Waals surface area contributed by atoms with Gasteiger partial charge in [-0.05, 0) is 31.1 Å². The molecule has 0 saturated heterocycles. The van der Waals surface area contributed by atoms with Gasteiger partial charge in [-0.15, -0.1) is 0 Å². The fourth-order valence-electron chi connectivity index (χ4n) is 2.36. The number of hydrogen-bond donors (Lipinski definition) is 2. The van der Waals surface area contributed by atoms with Crippen LogP contribution in [0.4, 0.5) is 11.6 Å². The van der Waals surface area contributed by atoms with Gasteiger partial charge in [-0.25, -0.2) is 9.97 Å². The van der Waals surface area contributed by atoms with Crippen LogP contribution in [0.25, 0.3) is 0 Å². The lowest BCUT2D eigenvalue weighted by Crippen LogP contribution is -2.21. The van der Waals surface area contributed by atoms with Crippen LogP contribution in [0.5, 0.6) is 0 Å². The fraction of sp³-hybridized carbons (Fsp3) is 0.733. The number of hydrogen-bond acceptors (Lipinski definition) is 5. The minimum atomic E-state index is 0.454. The maximum atomic E-state index is 5.39. The Balaban J connectivity index is 2.02. The van der Waals surface area contributed by atoms with E-state index < -0.39 is 0 Å². The molecule has 1 heterocycles. The maximum absolute atomic E-state index is 5.39. The predicted molar refractivity (Wildman–Crippen MR) is 81.9 cm³/mol. The molecule has 5 heteroatoms. The minimum Gasteiger partial charge on any atom is -0.374 e. The first-order valence-corrected chi connectivity index (χ1v) is 7.47. The Kier molecular flexibility index (Phi) is 4.81. The van der Waals surface area contributed by atoms with Crippen LogP contribution in [0, 0.1) is 11.3 Å². The van der Waals surface area contributed by atoms with Gasteiger partial charge in [0.1, 0.15) is 18.2 Å². The zero-order valence-electron chi connectivity index (χ0n) is 13.0. The molecule has 0 unspecified atom stereocenters. The van der Waals surface area contributed by atoms with Gasteiger partial charge in [-0.2, -0.15) is 0 Å². The summed E-state index contributed by atoms with van der Waals surface area (Å²) in [6.07, 6.45) is 2.63. The van der Waals surface area contributed by atoms with Crippen molar-refractivity contribution in [3.8, 4) is 0 Å². The summed E-state index contributed by atoms with van der Waals surface area (Å²) in [5.41, 5.74) is 0.463. The molecule has 0 atom stereocenters. The summed E-state index contributed by atoms with van der Waals surface area (Å²) >= 11 is 0. The van der Waals surface area contributed by atoms with E-state index in [1.807, 2.05) is 20.0 Å². The van der Waals surface area contributed by atoms with Crippen molar-refractivity contribution >= 4 is 11.6 Å². The monoisotopic (exact) mass is 278 g/mol. The number of nitrogens with one attached hydrogen (secondary N) is 2. The van der Waals surface area contributed by atoms with Gasteiger partial charge < -0.3 is 15.4 Å². The van der Waals surface area contributed by atoms with E-state index in [0.717, 1.165) is 24.0 Å². The van der Waals surface area contributed by atoms with Crippen LogP contribution in [0.1, 0.15) is 39.4 Å². The summed E-state index contributed by atoms with van der Waals surface area (Å²) in [6.45, 7) is 8.68. The molecule has 1 aromatic rings. The average molecular weight is 278 g/mol. The maximum Gasteiger partial charge on any atom is 0.158 e. The van der Waals surface area contributed by atoms with Crippen LogP contribution in [0.2, 0.25) is 0 Å². The van der Waals surface area contributed by atoms with Crippen molar-refractivity contribution in [1.82, 2.24) is 9.97 Å². The molecule has 0 aliphatic heterocycles. The van der Waals surface area contributed by atoms with Gasteiger partial charge in [0.15, 0.2) is 5.82 Å². The molecule has 1 aliphatic carbocycles. The minimum absolute atomic E-state index is 0.454. The van der Waals surface area contributed by atoms with Gasteiger partial charge in [-0.1, -0.05) is 13.8 Å². The van der Waals surface area contributed by atoms with Gasteiger partial charge in [0.2, 0.25) is 0 Å². The van der Waals surface area contributed by atoms with E-state index in [-0.39, 0.29) is 0 Å². The van der Waals surface area contributed by atoms with E-state index in [9.17, 15) is 0 Å². The summed E-state index contributed by atoms with van der Waals surface area (Å²) in [6, 6.07) is 1.95. The van der Waals surface area contributed by atoms with Crippen LogP contribution in [0.3, 0.4) is 0 Å². The van der Waals surface area contributed by atoms with Crippen molar-refractivity contribution < 1.29 is 4.74 Å². The molecule has 0 aromatic carbocycles. The molecule has 0 amide bonds. The summed E-state index contributed by atoms with van der Waals surface area (Å²) in [7, 11) is 1.87. The highest BCUT2D eigenvalue weighted by Gasteiger charge is 2.44. The van der Waals surface area contributed by atoms with Crippen molar-refractivity contribution in [1.29, 1.82) is 0 Å². The summed E-state index contributed by atoms with van der Waals surface area (Å²) in [5, 5.41) is 6.55. The first kappa shape index (κ1) is 15.0. The Morgan fingerprint density at radius 3 is 2.55 bits per heavy atom. The van der Waals surface area contributed by atoms with Crippen LogP contribution in [-0.2, 0) is 11.3 Å². The quantitative estimate of drug-likeness (QED) is 0.765. The zero-order chi connectivity index (χ0) is 14.6. The second-order valence-electron chi connectivity index (χ2n) is 5.81. The van der Waals surface area contributed by atoms with E-state index in [0.29, 0.717) is 24.5 Å². The smallest absolute Gasteiger partial charge is 0.158 e. The molecule has 1 aliphatic rings. The molecular weight excluding hydrogens is 252 g/mol. The first-order valence-electron chi connectivity index (χ1n) is 7.47. The lowest BCUT2D eigenvalue weighted by atomic mass is 9.92. The van der Waals surface area contributed by atoms with Crippen molar-refractivity contribution in [2.45, 2.75) is 40.2 Å². The average Bonchev–Trinajstić information content (AvgIpc) is 3.24. The van der Waals surface area contributed by atoms with Crippen molar-refractivity contribution in [2.24, 2.45) is 11.3 Å². The van der Waals surface area contributed by atoms with Crippen LogP contribution in [-0.4, -0.2) is 30.2 Å². The number of ether oxygens (including phenoxy) is 1. The molecule has 1 saturated carbocycles. The SMILES string of the molecule is CCOCc1nc(NC)cc(NCC2(C(C)C)CC2)n1. The topological polar surface area (TPSA) is 59.1 Å². The Hall–Kier alpha value is -1.36. The molecule has 2 N–H and O–H groups in total. The lowest BCUT2D eigenvalue weighted by molar-refractivity contribution is 0.128. The van der Waals surface area contributed by atoms with Crippen LogP contribution >= 0.6 is 0 Å².